The Morgan fingerprint density at radius 3 is 2.88 bits per heavy atom. The lowest BCUT2D eigenvalue weighted by molar-refractivity contribution is -0.141. The Bertz CT molecular complexity index is 437. The summed E-state index contributed by atoms with van der Waals surface area (Å²) in [6.45, 7) is 1.32. The molecule has 0 radical (unpaired) electrons. The second kappa shape index (κ2) is 5.15. The summed E-state index contributed by atoms with van der Waals surface area (Å²) >= 11 is 12.1. The topological polar surface area (TPSA) is 40.5 Å². The minimum atomic E-state index is -0.743. The van der Waals surface area contributed by atoms with E-state index in [4.69, 9.17) is 28.3 Å². The van der Waals surface area contributed by atoms with Crippen LogP contribution in [-0.4, -0.2) is 24.2 Å². The van der Waals surface area contributed by atoms with Gasteiger partial charge in [-0.1, -0.05) is 29.3 Å². The van der Waals surface area contributed by atoms with Crippen LogP contribution in [0.1, 0.15) is 12.8 Å². The Kier molecular flexibility index (Phi) is 3.79. The van der Waals surface area contributed by atoms with Crippen molar-refractivity contribution in [2.75, 3.05) is 18.0 Å². The highest BCUT2D eigenvalue weighted by molar-refractivity contribution is 6.43. The molecule has 0 spiro atoms. The van der Waals surface area contributed by atoms with Gasteiger partial charge in [0, 0.05) is 13.1 Å². The lowest BCUT2D eigenvalue weighted by Gasteiger charge is -2.33. The third kappa shape index (κ3) is 2.67. The summed E-state index contributed by atoms with van der Waals surface area (Å²) in [6.07, 6.45) is 1.59. The molecule has 1 aromatic rings. The van der Waals surface area contributed by atoms with E-state index in [0.29, 0.717) is 16.6 Å². The molecule has 1 aromatic carbocycles. The van der Waals surface area contributed by atoms with E-state index in [1.165, 1.54) is 0 Å². The van der Waals surface area contributed by atoms with Crippen molar-refractivity contribution in [2.24, 2.45) is 5.92 Å². The van der Waals surface area contributed by atoms with E-state index >= 15 is 0 Å². The number of nitrogens with zero attached hydrogens (tertiary/aromatic N) is 1. The molecule has 0 aliphatic carbocycles. The maximum absolute atomic E-state index is 11.0. The molecule has 1 unspecified atom stereocenters. The predicted molar refractivity (Wildman–Crippen MR) is 69.0 cm³/mol. The van der Waals surface area contributed by atoms with Crippen LogP contribution in [0.4, 0.5) is 5.69 Å². The summed E-state index contributed by atoms with van der Waals surface area (Å²) in [7, 11) is 0. The zero-order valence-electron chi connectivity index (χ0n) is 9.20. The van der Waals surface area contributed by atoms with Gasteiger partial charge in [-0.15, -0.1) is 0 Å². The lowest BCUT2D eigenvalue weighted by Crippen LogP contribution is -2.38. The molecule has 0 amide bonds. The molecule has 1 atom stereocenters. The van der Waals surface area contributed by atoms with Crippen LogP contribution in [0.5, 0.6) is 0 Å². The zero-order chi connectivity index (χ0) is 12.4. The number of anilines is 1. The number of halogens is 2. The van der Waals surface area contributed by atoms with E-state index < -0.39 is 5.97 Å². The molecule has 0 bridgehead atoms. The minimum absolute atomic E-state index is 0.321. The Hall–Kier alpha value is -0.930. The van der Waals surface area contributed by atoms with Crippen molar-refractivity contribution in [1.29, 1.82) is 0 Å². The number of aliphatic carboxylic acids is 1. The van der Waals surface area contributed by atoms with E-state index in [-0.39, 0.29) is 5.92 Å². The van der Waals surface area contributed by atoms with Crippen LogP contribution < -0.4 is 4.90 Å². The average Bonchev–Trinajstić information content (AvgIpc) is 2.33. The number of carboxylic acids is 1. The fraction of sp³-hybridized carbons (Fsp3) is 0.417. The van der Waals surface area contributed by atoms with Gasteiger partial charge < -0.3 is 10.0 Å². The van der Waals surface area contributed by atoms with Crippen LogP contribution in [0.3, 0.4) is 0 Å². The van der Waals surface area contributed by atoms with Crippen LogP contribution in [0.25, 0.3) is 0 Å². The summed E-state index contributed by atoms with van der Waals surface area (Å²) in [5, 5.41) is 10.0. The van der Waals surface area contributed by atoms with Gasteiger partial charge in [-0.3, -0.25) is 4.79 Å². The summed E-state index contributed by atoms with van der Waals surface area (Å²) in [5.74, 6) is -1.06. The van der Waals surface area contributed by atoms with E-state index in [1.54, 1.807) is 6.07 Å². The Morgan fingerprint density at radius 2 is 2.18 bits per heavy atom. The van der Waals surface area contributed by atoms with E-state index in [2.05, 4.69) is 0 Å². The number of rotatable bonds is 2. The number of benzene rings is 1. The second-order valence-corrected chi connectivity index (χ2v) is 4.98. The number of hydrogen-bond donors (Lipinski definition) is 1. The zero-order valence-corrected chi connectivity index (χ0v) is 10.7. The van der Waals surface area contributed by atoms with Crippen molar-refractivity contribution in [3.63, 3.8) is 0 Å². The SMILES string of the molecule is O=C(O)C1CCCN(c2cccc(Cl)c2Cl)C1. The smallest absolute Gasteiger partial charge is 0.308 e. The van der Waals surface area contributed by atoms with Gasteiger partial charge in [0.15, 0.2) is 0 Å². The number of piperidine rings is 1. The molecule has 1 aliphatic heterocycles. The van der Waals surface area contributed by atoms with Crippen LogP contribution in [-0.2, 0) is 4.79 Å². The summed E-state index contributed by atoms with van der Waals surface area (Å²) < 4.78 is 0. The van der Waals surface area contributed by atoms with Crippen molar-refractivity contribution in [3.05, 3.63) is 28.2 Å². The average molecular weight is 274 g/mol. The third-order valence-electron chi connectivity index (χ3n) is 3.04. The predicted octanol–water partition coefficient (Wildman–Crippen LogP) is 3.29. The van der Waals surface area contributed by atoms with E-state index in [9.17, 15) is 4.79 Å². The summed E-state index contributed by atoms with van der Waals surface area (Å²) in [5.41, 5.74) is 0.824. The first-order valence-electron chi connectivity index (χ1n) is 5.51. The quantitative estimate of drug-likeness (QED) is 0.899. The van der Waals surface area contributed by atoms with Crippen molar-refractivity contribution in [3.8, 4) is 0 Å². The third-order valence-corrected chi connectivity index (χ3v) is 3.85. The minimum Gasteiger partial charge on any atom is -0.481 e. The molecule has 1 fully saturated rings. The van der Waals surface area contributed by atoms with Gasteiger partial charge in [-0.2, -0.15) is 0 Å². The molecule has 0 aromatic heterocycles. The molecule has 92 valence electrons. The van der Waals surface area contributed by atoms with Gasteiger partial charge in [0.25, 0.3) is 0 Å². The highest BCUT2D eigenvalue weighted by Crippen LogP contribution is 2.34. The maximum Gasteiger partial charge on any atom is 0.308 e. The first-order valence-corrected chi connectivity index (χ1v) is 6.27. The van der Waals surface area contributed by atoms with E-state index in [0.717, 1.165) is 25.1 Å². The lowest BCUT2D eigenvalue weighted by atomic mass is 9.98. The van der Waals surface area contributed by atoms with Crippen LogP contribution >= 0.6 is 23.2 Å². The second-order valence-electron chi connectivity index (χ2n) is 4.20. The van der Waals surface area contributed by atoms with Crippen molar-refractivity contribution >= 4 is 34.9 Å². The van der Waals surface area contributed by atoms with Gasteiger partial charge >= 0.3 is 5.97 Å². The summed E-state index contributed by atoms with van der Waals surface area (Å²) in [6, 6.07) is 5.43. The molecular weight excluding hydrogens is 261 g/mol. The van der Waals surface area contributed by atoms with Gasteiger partial charge in [-0.25, -0.2) is 0 Å². The number of carbonyl (C=O) groups is 1. The van der Waals surface area contributed by atoms with Gasteiger partial charge in [-0.05, 0) is 25.0 Å². The highest BCUT2D eigenvalue weighted by Gasteiger charge is 2.26. The maximum atomic E-state index is 11.0. The molecule has 0 saturated carbocycles. The van der Waals surface area contributed by atoms with E-state index in [1.807, 2.05) is 17.0 Å². The van der Waals surface area contributed by atoms with Crippen LogP contribution in [0, 0.1) is 5.92 Å². The van der Waals surface area contributed by atoms with Gasteiger partial charge in [0.1, 0.15) is 0 Å². The molecule has 3 nitrogen and oxygen atoms in total. The van der Waals surface area contributed by atoms with Crippen LogP contribution in [0.2, 0.25) is 10.0 Å². The Morgan fingerprint density at radius 1 is 1.41 bits per heavy atom. The Labute approximate surface area is 110 Å². The van der Waals surface area contributed by atoms with Crippen LogP contribution in [0.15, 0.2) is 18.2 Å². The van der Waals surface area contributed by atoms with Crippen molar-refractivity contribution in [1.82, 2.24) is 0 Å². The molecule has 17 heavy (non-hydrogen) atoms. The van der Waals surface area contributed by atoms with Crippen molar-refractivity contribution < 1.29 is 9.90 Å². The monoisotopic (exact) mass is 273 g/mol. The summed E-state index contributed by atoms with van der Waals surface area (Å²) in [4.78, 5) is 13.0. The molecule has 1 aliphatic rings. The van der Waals surface area contributed by atoms with Gasteiger partial charge in [0.05, 0.1) is 21.7 Å². The molecule has 5 heteroatoms. The fourth-order valence-corrected chi connectivity index (χ4v) is 2.55. The molecule has 1 heterocycles. The Balaban J connectivity index is 2.22. The fourth-order valence-electron chi connectivity index (χ4n) is 2.13. The van der Waals surface area contributed by atoms with Gasteiger partial charge in [0.2, 0.25) is 0 Å². The molecule has 1 saturated heterocycles. The first-order chi connectivity index (χ1) is 8.09. The first kappa shape index (κ1) is 12.5. The number of carboxylic acid groups (broad SMARTS) is 1. The molecule has 2 rings (SSSR count). The molecular formula is C12H13Cl2NO2. The highest BCUT2D eigenvalue weighted by atomic mass is 35.5. The largest absolute Gasteiger partial charge is 0.481 e. The number of hydrogen-bond acceptors (Lipinski definition) is 2. The molecule has 1 N–H and O–H groups in total. The standard InChI is InChI=1S/C12H13Cl2NO2/c13-9-4-1-5-10(11(9)14)15-6-2-3-8(7-15)12(16)17/h1,4-5,8H,2-3,6-7H2,(H,16,17). The van der Waals surface area contributed by atoms with Crippen molar-refractivity contribution in [2.45, 2.75) is 12.8 Å². The normalized spacial score (nSPS) is 20.4.